The predicted octanol–water partition coefficient (Wildman–Crippen LogP) is 4.29. The number of primary sulfonamides is 2. The lowest BCUT2D eigenvalue weighted by molar-refractivity contribution is 0.101. The van der Waals surface area contributed by atoms with Crippen LogP contribution in [0.4, 0.5) is 11.4 Å². The Bertz CT molecular complexity index is 1680. The molecule has 14 heteroatoms. The average molecular weight is 615 g/mol. The van der Waals surface area contributed by atoms with Gasteiger partial charge in [0.1, 0.15) is 9.79 Å². The normalized spacial score (nSPS) is 11.6. The summed E-state index contributed by atoms with van der Waals surface area (Å²) >= 11 is 0. The number of amides is 2. The second kappa shape index (κ2) is 12.2. The molecule has 4 aromatic rings. The number of benzene rings is 4. The van der Waals surface area contributed by atoms with E-state index in [9.17, 15) is 26.4 Å². The van der Waals surface area contributed by atoms with E-state index in [1.165, 1.54) is 58.0 Å². The van der Waals surface area contributed by atoms with Crippen LogP contribution in [0.2, 0.25) is 0 Å². The third kappa shape index (κ3) is 7.10. The lowest BCUT2D eigenvalue weighted by atomic mass is 10.2. The van der Waals surface area contributed by atoms with Gasteiger partial charge in [0.25, 0.3) is 11.8 Å². The summed E-state index contributed by atoms with van der Waals surface area (Å²) in [5.41, 5.74) is 0.634. The van der Waals surface area contributed by atoms with Gasteiger partial charge in [0.15, 0.2) is 0 Å². The molecule has 4 aromatic carbocycles. The van der Waals surface area contributed by atoms with Crippen LogP contribution in [0.15, 0.2) is 117 Å². The summed E-state index contributed by atoms with van der Waals surface area (Å²) in [4.78, 5) is 26.9. The monoisotopic (exact) mass is 614 g/mol. The molecule has 0 atom stereocenters. The molecule has 0 saturated heterocycles. The minimum absolute atomic E-state index is 0.0456. The van der Waals surface area contributed by atoms with Crippen molar-refractivity contribution in [2.24, 2.45) is 10.3 Å². The van der Waals surface area contributed by atoms with E-state index in [1.807, 2.05) is 0 Å². The Kier molecular flexibility index (Phi) is 8.98. The summed E-state index contributed by atoms with van der Waals surface area (Å²) in [6.45, 7) is 0. The van der Waals surface area contributed by atoms with E-state index in [0.29, 0.717) is 9.79 Å². The van der Waals surface area contributed by atoms with E-state index in [0.717, 1.165) is 0 Å². The summed E-state index contributed by atoms with van der Waals surface area (Å²) in [7, 11) is -5.71. The maximum absolute atomic E-state index is 13.1. The molecule has 0 aliphatic rings. The molecule has 0 fully saturated rings. The van der Waals surface area contributed by atoms with E-state index < -0.39 is 31.9 Å². The predicted molar refractivity (Wildman–Crippen MR) is 156 cm³/mol. The number of hydrogen-bond donors (Lipinski definition) is 4. The van der Waals surface area contributed by atoms with Crippen LogP contribution in [0, 0.1) is 0 Å². The Morgan fingerprint density at radius 3 is 1.23 bits per heavy atom. The molecule has 40 heavy (non-hydrogen) atoms. The average Bonchev–Trinajstić information content (AvgIpc) is 2.91. The fourth-order valence-electron chi connectivity index (χ4n) is 3.56. The number of carbonyl (C=O) groups excluding carboxylic acids is 2. The molecular weight excluding hydrogens is 593 g/mol. The molecule has 10 nitrogen and oxygen atoms in total. The molecule has 4 rings (SSSR count). The summed E-state index contributed by atoms with van der Waals surface area (Å²) in [5, 5.41) is 15.8. The molecule has 6 N–H and O–H groups in total. The number of sulfonamides is 2. The number of carbonyl (C=O) groups is 2. The molecule has 0 aliphatic heterocycles. The van der Waals surface area contributed by atoms with Gasteiger partial charge in [-0.15, -0.1) is 0 Å². The SMILES string of the molecule is NS(=O)(=O)c1ccccc1NC(=O)c1ccccc1SSc1ccccc1C(=O)Nc1ccccc1S(N)(=O)=O. The minimum atomic E-state index is -4.07. The van der Waals surface area contributed by atoms with Gasteiger partial charge in [0, 0.05) is 9.79 Å². The third-order valence-corrected chi connectivity index (χ3v) is 9.79. The molecule has 2 amide bonds. The lowest BCUT2D eigenvalue weighted by Crippen LogP contribution is -2.19. The Labute approximate surface area is 239 Å². The third-order valence-electron chi connectivity index (χ3n) is 5.37. The molecule has 0 radical (unpaired) electrons. The van der Waals surface area contributed by atoms with Crippen LogP contribution in [0.1, 0.15) is 20.7 Å². The highest BCUT2D eigenvalue weighted by atomic mass is 33.1. The van der Waals surface area contributed by atoms with Gasteiger partial charge in [-0.1, -0.05) is 70.1 Å². The van der Waals surface area contributed by atoms with E-state index >= 15 is 0 Å². The molecule has 0 bridgehead atoms. The van der Waals surface area contributed by atoms with Crippen LogP contribution in [-0.2, 0) is 20.0 Å². The molecule has 0 aliphatic carbocycles. The summed E-state index contributed by atoms with van der Waals surface area (Å²) in [6.07, 6.45) is 0. The number of rotatable bonds is 9. The van der Waals surface area contributed by atoms with Gasteiger partial charge in [-0.25, -0.2) is 27.1 Å². The lowest BCUT2D eigenvalue weighted by Gasteiger charge is -2.13. The standard InChI is InChI=1S/C26H22N4O6S4/c27-39(33,34)23-15-7-3-11-19(23)29-25(31)17-9-1-5-13-21(17)37-38-22-14-6-2-10-18(22)26(32)30-20-12-4-8-16-24(20)40(28,35)36/h1-16H,(H,29,31)(H,30,32)(H2,27,33,34)(H2,28,35,36). The van der Waals surface area contributed by atoms with Crippen molar-refractivity contribution >= 4 is 64.8 Å². The number of anilines is 2. The maximum Gasteiger partial charge on any atom is 0.256 e. The first-order valence-electron chi connectivity index (χ1n) is 11.3. The van der Waals surface area contributed by atoms with Crippen LogP contribution in [0.5, 0.6) is 0 Å². The fraction of sp³-hybridized carbons (Fsp3) is 0. The zero-order valence-corrected chi connectivity index (χ0v) is 23.7. The van der Waals surface area contributed by atoms with E-state index in [2.05, 4.69) is 10.6 Å². The maximum atomic E-state index is 13.1. The zero-order valence-electron chi connectivity index (χ0n) is 20.5. The molecule has 0 spiro atoms. The summed E-state index contributed by atoms with van der Waals surface area (Å²) in [6, 6.07) is 25.0. The minimum Gasteiger partial charge on any atom is -0.321 e. The highest BCUT2D eigenvalue weighted by molar-refractivity contribution is 8.76. The van der Waals surface area contributed by atoms with Gasteiger partial charge in [-0.2, -0.15) is 0 Å². The Hall–Kier alpha value is -3.66. The van der Waals surface area contributed by atoms with Crippen molar-refractivity contribution in [2.75, 3.05) is 10.6 Å². The second-order valence-electron chi connectivity index (χ2n) is 8.15. The summed E-state index contributed by atoms with van der Waals surface area (Å²) < 4.78 is 47.7. The second-order valence-corrected chi connectivity index (χ2v) is 13.4. The van der Waals surface area contributed by atoms with Gasteiger partial charge in [0.05, 0.1) is 22.5 Å². The topological polar surface area (TPSA) is 179 Å². The number of para-hydroxylation sites is 2. The van der Waals surface area contributed by atoms with Crippen molar-refractivity contribution in [1.29, 1.82) is 0 Å². The molecular formula is C26H22N4O6S4. The molecule has 0 saturated carbocycles. The first-order valence-corrected chi connectivity index (χ1v) is 16.6. The van der Waals surface area contributed by atoms with Gasteiger partial charge >= 0.3 is 0 Å². The van der Waals surface area contributed by atoms with Crippen LogP contribution < -0.4 is 20.9 Å². The molecule has 0 aromatic heterocycles. The van der Waals surface area contributed by atoms with E-state index in [-0.39, 0.29) is 32.3 Å². The van der Waals surface area contributed by atoms with Crippen molar-refractivity contribution in [1.82, 2.24) is 0 Å². The van der Waals surface area contributed by atoms with Crippen LogP contribution in [0.25, 0.3) is 0 Å². The Balaban J connectivity index is 1.55. The molecule has 206 valence electrons. The molecule has 0 heterocycles. The Morgan fingerprint density at radius 1 is 0.525 bits per heavy atom. The van der Waals surface area contributed by atoms with Crippen LogP contribution in [-0.4, -0.2) is 28.6 Å². The van der Waals surface area contributed by atoms with Gasteiger partial charge in [-0.05, 0) is 48.5 Å². The number of hydrogen-bond acceptors (Lipinski definition) is 8. The largest absolute Gasteiger partial charge is 0.321 e. The van der Waals surface area contributed by atoms with Crippen molar-refractivity contribution < 1.29 is 26.4 Å². The van der Waals surface area contributed by atoms with E-state index in [1.54, 1.807) is 60.7 Å². The highest BCUT2D eigenvalue weighted by Gasteiger charge is 2.20. The summed E-state index contributed by atoms with van der Waals surface area (Å²) in [5.74, 6) is -1.10. The van der Waals surface area contributed by atoms with E-state index in [4.69, 9.17) is 10.3 Å². The van der Waals surface area contributed by atoms with Gasteiger partial charge in [-0.3, -0.25) is 9.59 Å². The van der Waals surface area contributed by atoms with Crippen molar-refractivity contribution in [3.8, 4) is 0 Å². The zero-order chi connectivity index (χ0) is 28.9. The first kappa shape index (κ1) is 29.3. The first-order chi connectivity index (χ1) is 18.9. The highest BCUT2D eigenvalue weighted by Crippen LogP contribution is 2.41. The van der Waals surface area contributed by atoms with Crippen molar-refractivity contribution in [3.05, 3.63) is 108 Å². The smallest absolute Gasteiger partial charge is 0.256 e. The number of nitrogens with one attached hydrogen (secondary N) is 2. The van der Waals surface area contributed by atoms with Crippen LogP contribution >= 0.6 is 21.6 Å². The van der Waals surface area contributed by atoms with Crippen LogP contribution in [0.3, 0.4) is 0 Å². The number of nitrogens with two attached hydrogens (primary N) is 2. The molecule has 0 unspecified atom stereocenters. The van der Waals surface area contributed by atoms with Crippen molar-refractivity contribution in [2.45, 2.75) is 19.6 Å². The fourth-order valence-corrected chi connectivity index (χ4v) is 7.31. The van der Waals surface area contributed by atoms with Gasteiger partial charge in [0.2, 0.25) is 20.0 Å². The van der Waals surface area contributed by atoms with Gasteiger partial charge < -0.3 is 10.6 Å². The quantitative estimate of drug-likeness (QED) is 0.202. The Morgan fingerprint density at radius 2 is 0.850 bits per heavy atom. The van der Waals surface area contributed by atoms with Crippen molar-refractivity contribution in [3.63, 3.8) is 0 Å².